The van der Waals surface area contributed by atoms with Crippen LogP contribution in [0.25, 0.3) is 0 Å². The second kappa shape index (κ2) is 6.41. The number of carbonyl (C=O) groups is 1. The molecule has 132 valence electrons. The molecule has 1 aromatic rings. The highest BCUT2D eigenvalue weighted by atomic mass is 32.1. The molecule has 0 radical (unpaired) electrons. The molecule has 1 spiro atoms. The number of amides is 1. The molecule has 0 aromatic carbocycles. The van der Waals surface area contributed by atoms with Gasteiger partial charge in [0, 0.05) is 43.6 Å². The largest absolute Gasteiger partial charge is 0.396 e. The first kappa shape index (κ1) is 16.5. The number of aliphatic hydroxyl groups excluding tert-OH is 1. The number of likely N-dealkylation sites (tertiary alicyclic amines) is 2. The summed E-state index contributed by atoms with van der Waals surface area (Å²) < 4.78 is 6.26. The molecule has 0 aliphatic carbocycles. The maximum atomic E-state index is 12.9. The minimum absolute atomic E-state index is 0.133. The molecule has 1 amide bonds. The Morgan fingerprint density at radius 1 is 1.42 bits per heavy atom. The van der Waals surface area contributed by atoms with Gasteiger partial charge in [0.1, 0.15) is 5.60 Å². The van der Waals surface area contributed by atoms with E-state index in [9.17, 15) is 9.90 Å². The molecular formula is C18H26N2O3S. The smallest absolute Gasteiger partial charge is 0.263 e. The van der Waals surface area contributed by atoms with Gasteiger partial charge >= 0.3 is 0 Å². The first-order chi connectivity index (χ1) is 11.6. The van der Waals surface area contributed by atoms with Crippen molar-refractivity contribution in [1.29, 1.82) is 0 Å². The number of fused-ring (bicyclic) bond motifs is 2. The first-order valence-corrected chi connectivity index (χ1v) is 9.79. The molecule has 1 atom stereocenters. The first-order valence-electron chi connectivity index (χ1n) is 8.97. The zero-order valence-electron chi connectivity index (χ0n) is 14.3. The summed E-state index contributed by atoms with van der Waals surface area (Å²) in [5.41, 5.74) is 1.15. The lowest BCUT2D eigenvalue weighted by atomic mass is 9.85. The molecule has 3 aliphatic rings. The Hall–Kier alpha value is -0.950. The molecule has 4 rings (SSSR count). The minimum Gasteiger partial charge on any atom is -0.396 e. The van der Waals surface area contributed by atoms with Crippen LogP contribution in [-0.4, -0.2) is 67.3 Å². The number of piperidine rings is 1. The fourth-order valence-electron chi connectivity index (χ4n) is 4.20. The Bertz CT molecular complexity index is 622. The zero-order valence-corrected chi connectivity index (χ0v) is 15.1. The number of rotatable bonds is 2. The topological polar surface area (TPSA) is 53.0 Å². The molecule has 2 saturated heterocycles. The van der Waals surface area contributed by atoms with Gasteiger partial charge in [0.05, 0.1) is 11.5 Å². The third kappa shape index (κ3) is 2.79. The number of aliphatic hydroxyl groups is 1. The van der Waals surface area contributed by atoms with Gasteiger partial charge in [0.2, 0.25) is 0 Å². The van der Waals surface area contributed by atoms with Gasteiger partial charge in [0.15, 0.2) is 0 Å². The summed E-state index contributed by atoms with van der Waals surface area (Å²) >= 11 is 1.65. The highest BCUT2D eigenvalue weighted by Gasteiger charge is 2.42. The van der Waals surface area contributed by atoms with E-state index >= 15 is 0 Å². The molecule has 0 saturated carbocycles. The zero-order chi connectivity index (χ0) is 16.7. The van der Waals surface area contributed by atoms with Crippen LogP contribution in [0.4, 0.5) is 0 Å². The van der Waals surface area contributed by atoms with Gasteiger partial charge in [-0.05, 0) is 44.4 Å². The van der Waals surface area contributed by atoms with Crippen LogP contribution in [0.5, 0.6) is 0 Å². The lowest BCUT2D eigenvalue weighted by Gasteiger charge is -2.42. The van der Waals surface area contributed by atoms with Crippen LogP contribution in [0.1, 0.15) is 39.4 Å². The van der Waals surface area contributed by atoms with Gasteiger partial charge in [-0.2, -0.15) is 0 Å². The number of ether oxygens (including phenoxy) is 1. The van der Waals surface area contributed by atoms with Crippen molar-refractivity contribution < 1.29 is 14.6 Å². The highest BCUT2D eigenvalue weighted by Crippen LogP contribution is 2.45. The second-order valence-electron chi connectivity index (χ2n) is 7.45. The number of hydrogen-bond acceptors (Lipinski definition) is 5. The third-order valence-electron chi connectivity index (χ3n) is 5.81. The SMILES string of the molecule is CN1CCC2(CC1)OCCc1cc(C(=O)N3CCC(CO)C3)sc12. The fourth-order valence-corrected chi connectivity index (χ4v) is 5.58. The van der Waals surface area contributed by atoms with Crippen molar-refractivity contribution in [3.63, 3.8) is 0 Å². The maximum Gasteiger partial charge on any atom is 0.263 e. The molecule has 4 heterocycles. The van der Waals surface area contributed by atoms with E-state index in [0.29, 0.717) is 6.54 Å². The third-order valence-corrected chi connectivity index (χ3v) is 7.16. The van der Waals surface area contributed by atoms with Crippen LogP contribution in [0.3, 0.4) is 0 Å². The molecule has 1 aromatic heterocycles. The second-order valence-corrected chi connectivity index (χ2v) is 8.50. The van der Waals surface area contributed by atoms with E-state index in [1.807, 2.05) is 4.90 Å². The number of nitrogens with zero attached hydrogens (tertiary/aromatic N) is 2. The maximum absolute atomic E-state index is 12.9. The lowest BCUT2D eigenvalue weighted by molar-refractivity contribution is -0.0921. The van der Waals surface area contributed by atoms with Crippen LogP contribution in [0, 0.1) is 5.92 Å². The number of hydrogen-bond donors (Lipinski definition) is 1. The van der Waals surface area contributed by atoms with Gasteiger partial charge in [0.25, 0.3) is 5.91 Å². The van der Waals surface area contributed by atoms with E-state index < -0.39 is 0 Å². The molecule has 1 unspecified atom stereocenters. The molecule has 5 nitrogen and oxygen atoms in total. The summed E-state index contributed by atoms with van der Waals surface area (Å²) in [5, 5.41) is 9.30. The van der Waals surface area contributed by atoms with Gasteiger partial charge in [-0.25, -0.2) is 0 Å². The number of thiophene rings is 1. The Morgan fingerprint density at radius 3 is 2.92 bits per heavy atom. The molecule has 2 fully saturated rings. The van der Waals surface area contributed by atoms with Crippen LogP contribution < -0.4 is 0 Å². The normalized spacial score (nSPS) is 26.8. The van der Waals surface area contributed by atoms with Crippen molar-refractivity contribution >= 4 is 17.2 Å². The molecule has 0 bridgehead atoms. The summed E-state index contributed by atoms with van der Waals surface area (Å²) in [4.78, 5) is 19.3. The summed E-state index contributed by atoms with van der Waals surface area (Å²) in [5.74, 6) is 0.375. The molecule has 1 N–H and O–H groups in total. The summed E-state index contributed by atoms with van der Waals surface area (Å²) in [7, 11) is 2.16. The highest BCUT2D eigenvalue weighted by molar-refractivity contribution is 7.14. The predicted molar refractivity (Wildman–Crippen MR) is 93.5 cm³/mol. The summed E-state index contributed by atoms with van der Waals surface area (Å²) in [6, 6.07) is 2.11. The quantitative estimate of drug-likeness (QED) is 0.882. The van der Waals surface area contributed by atoms with Crippen LogP contribution in [0.2, 0.25) is 0 Å². The summed E-state index contributed by atoms with van der Waals surface area (Å²) in [6.45, 7) is 4.48. The van der Waals surface area contributed by atoms with E-state index in [2.05, 4.69) is 18.0 Å². The van der Waals surface area contributed by atoms with Gasteiger partial charge in [-0.3, -0.25) is 4.79 Å². The van der Waals surface area contributed by atoms with Crippen molar-refractivity contribution in [2.45, 2.75) is 31.3 Å². The van der Waals surface area contributed by atoms with Crippen molar-refractivity contribution in [1.82, 2.24) is 9.80 Å². The van der Waals surface area contributed by atoms with Gasteiger partial charge < -0.3 is 19.6 Å². The average molecular weight is 350 g/mol. The predicted octanol–water partition coefficient (Wildman–Crippen LogP) is 1.70. The van der Waals surface area contributed by atoms with E-state index in [0.717, 1.165) is 56.8 Å². The van der Waals surface area contributed by atoms with Gasteiger partial charge in [-0.15, -0.1) is 11.3 Å². The number of carbonyl (C=O) groups excluding carboxylic acids is 1. The van der Waals surface area contributed by atoms with Crippen LogP contribution >= 0.6 is 11.3 Å². The van der Waals surface area contributed by atoms with Crippen molar-refractivity contribution in [3.05, 3.63) is 21.4 Å². The van der Waals surface area contributed by atoms with Crippen molar-refractivity contribution in [2.24, 2.45) is 5.92 Å². The van der Waals surface area contributed by atoms with Crippen molar-refractivity contribution in [2.75, 3.05) is 46.4 Å². The Morgan fingerprint density at radius 2 is 2.21 bits per heavy atom. The lowest BCUT2D eigenvalue weighted by Crippen LogP contribution is -2.44. The minimum atomic E-state index is -0.165. The van der Waals surface area contributed by atoms with Crippen molar-refractivity contribution in [3.8, 4) is 0 Å². The molecular weight excluding hydrogens is 324 g/mol. The monoisotopic (exact) mass is 350 g/mol. The van der Waals surface area contributed by atoms with E-state index in [1.165, 1.54) is 10.4 Å². The van der Waals surface area contributed by atoms with Gasteiger partial charge in [-0.1, -0.05) is 0 Å². The van der Waals surface area contributed by atoms with E-state index in [-0.39, 0.29) is 24.0 Å². The average Bonchev–Trinajstić information content (AvgIpc) is 3.24. The molecule has 3 aliphatic heterocycles. The Kier molecular flexibility index (Phi) is 4.41. The van der Waals surface area contributed by atoms with Crippen LogP contribution in [-0.2, 0) is 16.8 Å². The molecule has 6 heteroatoms. The standard InChI is InChI=1S/C18H26N2O3S/c1-19-7-4-18(5-8-19)16-14(3-9-23-18)10-15(24-16)17(22)20-6-2-13(11-20)12-21/h10,13,21H,2-9,11-12H2,1H3. The van der Waals surface area contributed by atoms with E-state index in [4.69, 9.17) is 4.74 Å². The fraction of sp³-hybridized carbons (Fsp3) is 0.722. The molecule has 24 heavy (non-hydrogen) atoms. The van der Waals surface area contributed by atoms with Crippen LogP contribution in [0.15, 0.2) is 6.07 Å². The van der Waals surface area contributed by atoms with E-state index in [1.54, 1.807) is 11.3 Å². The summed E-state index contributed by atoms with van der Waals surface area (Å²) in [6.07, 6.45) is 3.85. The Balaban J connectivity index is 1.57. The Labute approximate surface area is 147 Å².